The highest BCUT2D eigenvalue weighted by atomic mass is 35.5. The number of carbonyl (C=O) groups excluding carboxylic acids is 2. The molecule has 1 aliphatic rings. The van der Waals surface area contributed by atoms with Gasteiger partial charge in [-0.05, 0) is 62.4 Å². The van der Waals surface area contributed by atoms with Crippen LogP contribution in [-0.2, 0) is 14.8 Å². The first-order valence-electron chi connectivity index (χ1n) is 10.7. The van der Waals surface area contributed by atoms with Gasteiger partial charge in [-0.1, -0.05) is 11.6 Å². The monoisotopic (exact) mass is 541 g/mol. The van der Waals surface area contributed by atoms with Gasteiger partial charge < -0.3 is 4.74 Å². The molecular weight excluding hydrogens is 522 g/mol. The molecule has 1 N–H and O–H groups in total. The fraction of sp³-hybridized carbons (Fsp3) is 0.174. The summed E-state index contributed by atoms with van der Waals surface area (Å²) in [5.41, 5.74) is 0.824. The third kappa shape index (κ3) is 5.78. The van der Waals surface area contributed by atoms with Crippen LogP contribution in [0.1, 0.15) is 23.1 Å². The molecule has 1 atom stereocenters. The van der Waals surface area contributed by atoms with Crippen molar-refractivity contribution < 1.29 is 22.7 Å². The van der Waals surface area contributed by atoms with Gasteiger partial charge >= 0.3 is 0 Å². The van der Waals surface area contributed by atoms with Crippen molar-refractivity contribution in [3.05, 3.63) is 71.0 Å². The predicted octanol–water partition coefficient (Wildman–Crippen LogP) is 3.76. The third-order valence-electron chi connectivity index (χ3n) is 5.08. The average Bonchev–Trinajstić information content (AvgIpc) is 3.15. The molecule has 14 heteroatoms. The number of hydrogen-bond acceptors (Lipinski definition) is 10. The highest BCUT2D eigenvalue weighted by Gasteiger charge is 2.38. The Kier molecular flexibility index (Phi) is 7.27. The number of aromatic nitrogens is 2. The zero-order valence-electron chi connectivity index (χ0n) is 19.8. The Balaban J connectivity index is 1.45. The Labute approximate surface area is 217 Å². The molecule has 0 aliphatic carbocycles. The summed E-state index contributed by atoms with van der Waals surface area (Å²) in [4.78, 5) is 33.4. The van der Waals surface area contributed by atoms with E-state index in [1.807, 2.05) is 0 Å². The van der Waals surface area contributed by atoms with Gasteiger partial charge in [0.05, 0.1) is 23.4 Å². The summed E-state index contributed by atoms with van der Waals surface area (Å²) >= 11 is 5.84. The largest absolute Gasteiger partial charge is 0.481 e. The molecule has 0 fully saturated rings. The van der Waals surface area contributed by atoms with Crippen molar-refractivity contribution in [2.75, 3.05) is 11.8 Å². The van der Waals surface area contributed by atoms with Gasteiger partial charge in [-0.2, -0.15) is 25.3 Å². The van der Waals surface area contributed by atoms with Crippen LogP contribution in [-0.4, -0.2) is 54.1 Å². The van der Waals surface area contributed by atoms with E-state index in [0.717, 1.165) is 5.01 Å². The Morgan fingerprint density at radius 1 is 1.08 bits per heavy atom. The molecule has 0 spiro atoms. The molecule has 2 aromatic carbocycles. The number of hydrogen-bond donors (Lipinski definition) is 1. The van der Waals surface area contributed by atoms with Crippen LogP contribution in [0, 0.1) is 6.92 Å². The normalized spacial score (nSPS) is 15.7. The zero-order chi connectivity index (χ0) is 26.7. The lowest BCUT2D eigenvalue weighted by atomic mass is 10.2. The molecule has 3 aromatic rings. The summed E-state index contributed by atoms with van der Waals surface area (Å²) < 4.78 is 32.9. The van der Waals surface area contributed by atoms with Crippen LogP contribution in [0.25, 0.3) is 0 Å². The average molecular weight is 542 g/mol. The molecule has 37 heavy (non-hydrogen) atoms. The molecule has 190 valence electrons. The first-order chi connectivity index (χ1) is 17.6. The Morgan fingerprint density at radius 2 is 1.76 bits per heavy atom. The maximum Gasteiger partial charge on any atom is 0.282 e. The SMILES string of the molecule is COc1cc(NS(=O)(=O)c2ccc(/N=N/C3C(=O)N(C(=O)c4ccc(Cl)cc4)N=C3C)cc2)nc(C)n1. The van der Waals surface area contributed by atoms with Gasteiger partial charge in [-0.3, -0.25) is 14.3 Å². The molecule has 0 bridgehead atoms. The number of imide groups is 1. The topological polar surface area (TPSA) is 156 Å². The maximum atomic E-state index is 12.8. The van der Waals surface area contributed by atoms with E-state index >= 15 is 0 Å². The Hall–Kier alpha value is -4.23. The van der Waals surface area contributed by atoms with E-state index in [1.165, 1.54) is 61.7 Å². The van der Waals surface area contributed by atoms with Crippen molar-refractivity contribution in [1.82, 2.24) is 15.0 Å². The van der Waals surface area contributed by atoms with Gasteiger partial charge in [0.25, 0.3) is 21.8 Å². The minimum absolute atomic E-state index is 0.0453. The lowest BCUT2D eigenvalue weighted by molar-refractivity contribution is -0.127. The number of amides is 2. The standard InChI is InChI=1S/C23H20ClN7O5S/c1-13-21(23(33)31(29-13)22(32)15-4-6-16(24)7-5-15)28-27-17-8-10-18(11-9-17)37(34,35)30-19-12-20(36-3)26-14(2)25-19/h4-12,21H,1-3H3,(H,25,26,30)/b28-27+. The number of sulfonamides is 1. The summed E-state index contributed by atoms with van der Waals surface area (Å²) in [5.74, 6) is -0.658. The van der Waals surface area contributed by atoms with E-state index in [1.54, 1.807) is 13.8 Å². The second-order valence-electron chi connectivity index (χ2n) is 7.76. The van der Waals surface area contributed by atoms with E-state index in [0.29, 0.717) is 16.5 Å². The van der Waals surface area contributed by atoms with Crippen LogP contribution in [0.4, 0.5) is 11.5 Å². The smallest absolute Gasteiger partial charge is 0.282 e. The number of aryl methyl sites for hydroxylation is 1. The Bertz CT molecular complexity index is 1520. The number of methoxy groups -OCH3 is 1. The van der Waals surface area contributed by atoms with Crippen molar-refractivity contribution in [1.29, 1.82) is 0 Å². The van der Waals surface area contributed by atoms with Gasteiger partial charge in [0.1, 0.15) is 11.6 Å². The number of nitrogens with zero attached hydrogens (tertiary/aromatic N) is 6. The number of ether oxygens (including phenoxy) is 1. The lowest BCUT2D eigenvalue weighted by Crippen LogP contribution is -2.34. The predicted molar refractivity (Wildman–Crippen MR) is 135 cm³/mol. The van der Waals surface area contributed by atoms with Crippen molar-refractivity contribution in [3.8, 4) is 5.88 Å². The lowest BCUT2D eigenvalue weighted by Gasteiger charge is -2.10. The fourth-order valence-electron chi connectivity index (χ4n) is 3.26. The molecule has 4 rings (SSSR count). The van der Waals surface area contributed by atoms with Gasteiger partial charge in [0.2, 0.25) is 5.88 Å². The number of nitrogens with one attached hydrogen (secondary N) is 1. The van der Waals surface area contributed by atoms with E-state index in [2.05, 4.69) is 30.0 Å². The summed E-state index contributed by atoms with van der Waals surface area (Å²) in [5, 5.41) is 13.3. The zero-order valence-corrected chi connectivity index (χ0v) is 21.4. The van der Waals surface area contributed by atoms with Crippen LogP contribution >= 0.6 is 11.6 Å². The highest BCUT2D eigenvalue weighted by molar-refractivity contribution is 7.92. The van der Waals surface area contributed by atoms with Crippen molar-refractivity contribution in [3.63, 3.8) is 0 Å². The number of benzene rings is 2. The van der Waals surface area contributed by atoms with E-state index in [-0.39, 0.29) is 27.9 Å². The summed E-state index contributed by atoms with van der Waals surface area (Å²) in [6.07, 6.45) is 0. The molecule has 0 radical (unpaired) electrons. The summed E-state index contributed by atoms with van der Waals surface area (Å²) in [7, 11) is -2.55. The second kappa shape index (κ2) is 10.4. The molecule has 2 heterocycles. The maximum absolute atomic E-state index is 12.8. The summed E-state index contributed by atoms with van der Waals surface area (Å²) in [6, 6.07) is 11.8. The Morgan fingerprint density at radius 3 is 2.41 bits per heavy atom. The van der Waals surface area contributed by atoms with Gasteiger partial charge in [0.15, 0.2) is 6.04 Å². The molecule has 12 nitrogen and oxygen atoms in total. The molecular formula is C23H20ClN7O5S. The number of rotatable bonds is 7. The minimum atomic E-state index is -3.96. The molecule has 1 aromatic heterocycles. The fourth-order valence-corrected chi connectivity index (χ4v) is 4.38. The van der Waals surface area contributed by atoms with Crippen molar-refractivity contribution >= 4 is 50.7 Å². The number of anilines is 1. The van der Waals surface area contributed by atoms with E-state index < -0.39 is 27.9 Å². The van der Waals surface area contributed by atoms with Gasteiger partial charge in [-0.25, -0.2) is 13.4 Å². The third-order valence-corrected chi connectivity index (χ3v) is 6.70. The van der Waals surface area contributed by atoms with Crippen LogP contribution in [0.15, 0.2) is 74.8 Å². The second-order valence-corrected chi connectivity index (χ2v) is 9.88. The number of azo groups is 1. The molecule has 2 amide bonds. The van der Waals surface area contributed by atoms with E-state index in [9.17, 15) is 18.0 Å². The molecule has 0 saturated carbocycles. The summed E-state index contributed by atoms with van der Waals surface area (Å²) in [6.45, 7) is 3.16. The van der Waals surface area contributed by atoms with Gasteiger partial charge in [-0.15, -0.1) is 0 Å². The number of carbonyl (C=O) groups is 2. The van der Waals surface area contributed by atoms with Crippen LogP contribution in [0.5, 0.6) is 5.88 Å². The van der Waals surface area contributed by atoms with Crippen LogP contribution in [0.2, 0.25) is 5.02 Å². The number of hydrazone groups is 1. The highest BCUT2D eigenvalue weighted by Crippen LogP contribution is 2.23. The van der Waals surface area contributed by atoms with Crippen molar-refractivity contribution in [2.45, 2.75) is 24.8 Å². The van der Waals surface area contributed by atoms with Crippen LogP contribution in [0.3, 0.4) is 0 Å². The van der Waals surface area contributed by atoms with E-state index in [4.69, 9.17) is 16.3 Å². The molecule has 1 aliphatic heterocycles. The minimum Gasteiger partial charge on any atom is -0.481 e. The number of halogens is 1. The first kappa shape index (κ1) is 25.9. The first-order valence-corrected chi connectivity index (χ1v) is 12.6. The molecule has 1 unspecified atom stereocenters. The van der Waals surface area contributed by atoms with Crippen molar-refractivity contribution in [2.24, 2.45) is 15.3 Å². The van der Waals surface area contributed by atoms with Crippen LogP contribution < -0.4 is 9.46 Å². The quantitative estimate of drug-likeness (QED) is 0.352. The molecule has 0 saturated heterocycles. The van der Waals surface area contributed by atoms with Gasteiger partial charge in [0, 0.05) is 16.7 Å².